The van der Waals surface area contributed by atoms with Gasteiger partial charge in [-0.2, -0.15) is 0 Å². The highest BCUT2D eigenvalue weighted by Gasteiger charge is 2.13. The fraction of sp³-hybridized carbons (Fsp3) is 0.429. The Morgan fingerprint density at radius 2 is 1.85 bits per heavy atom. The molecule has 0 unspecified atom stereocenters. The van der Waals surface area contributed by atoms with Gasteiger partial charge in [0.15, 0.2) is 0 Å². The molecule has 0 radical (unpaired) electrons. The van der Waals surface area contributed by atoms with Crippen LogP contribution >= 0.6 is 0 Å². The third-order valence-electron chi connectivity index (χ3n) is 3.65. The molecule has 27 heavy (non-hydrogen) atoms. The summed E-state index contributed by atoms with van der Waals surface area (Å²) in [5.74, 6) is -1.41. The molecule has 0 fully saturated rings. The molecule has 1 amide bonds. The van der Waals surface area contributed by atoms with E-state index in [2.05, 4.69) is 42.9 Å². The molecule has 0 aliphatic carbocycles. The summed E-state index contributed by atoms with van der Waals surface area (Å²) in [4.78, 5) is 22.8. The maximum Gasteiger partial charge on any atom is 0.308 e. The zero-order valence-corrected chi connectivity index (χ0v) is 16.4. The maximum atomic E-state index is 12.0. The number of carbonyl (C=O) groups excluding carboxylic acids is 1. The molecule has 0 saturated heterocycles. The second kappa shape index (κ2) is 10.3. The minimum atomic E-state index is -0.935. The van der Waals surface area contributed by atoms with Gasteiger partial charge in [0.1, 0.15) is 5.82 Å². The molecule has 1 aromatic rings. The summed E-state index contributed by atoms with van der Waals surface area (Å²) < 4.78 is 0. The quantitative estimate of drug-likeness (QED) is 0.525. The third-order valence-corrected chi connectivity index (χ3v) is 3.65. The number of carboxylic acids is 1. The molecule has 0 aliphatic heterocycles. The minimum absolute atomic E-state index is 0.0347. The van der Waals surface area contributed by atoms with Gasteiger partial charge in [0.2, 0.25) is 0 Å². The van der Waals surface area contributed by atoms with Crippen LogP contribution < -0.4 is 16.4 Å². The van der Waals surface area contributed by atoms with Gasteiger partial charge in [0.05, 0.1) is 5.92 Å². The van der Waals surface area contributed by atoms with Crippen molar-refractivity contribution in [3.05, 3.63) is 58.8 Å². The Hall–Kier alpha value is -2.94. The van der Waals surface area contributed by atoms with Gasteiger partial charge in [-0.1, -0.05) is 45.6 Å². The predicted molar refractivity (Wildman–Crippen MR) is 106 cm³/mol. The highest BCUT2D eigenvalue weighted by Crippen LogP contribution is 2.12. The number of rotatable bonds is 8. The number of allylic oxidation sites excluding steroid dienone is 1. The number of carbonyl (C=O) groups is 2. The molecule has 0 aliphatic rings. The first kappa shape index (κ1) is 22.1. The van der Waals surface area contributed by atoms with Crippen molar-refractivity contribution in [3.8, 4) is 0 Å². The molecule has 5 N–H and O–H groups in total. The van der Waals surface area contributed by atoms with Gasteiger partial charge in [-0.15, -0.1) is 0 Å². The van der Waals surface area contributed by atoms with Crippen molar-refractivity contribution in [2.75, 3.05) is 13.1 Å². The number of nitrogens with two attached hydrogens (primary N) is 1. The van der Waals surface area contributed by atoms with Gasteiger partial charge in [-0.05, 0) is 41.3 Å². The van der Waals surface area contributed by atoms with Gasteiger partial charge in [0, 0.05) is 18.7 Å². The maximum absolute atomic E-state index is 12.0. The van der Waals surface area contributed by atoms with E-state index in [1.165, 1.54) is 0 Å². The van der Waals surface area contributed by atoms with Crippen LogP contribution in [0.4, 0.5) is 0 Å². The summed E-state index contributed by atoms with van der Waals surface area (Å²) in [7, 11) is 0. The Bertz CT molecular complexity index is 748. The van der Waals surface area contributed by atoms with Gasteiger partial charge in [0.25, 0.3) is 5.91 Å². The summed E-state index contributed by atoms with van der Waals surface area (Å²) in [6.45, 7) is 8.50. The molecule has 146 valence electrons. The molecule has 1 atom stereocenters. The van der Waals surface area contributed by atoms with Crippen LogP contribution in [0.2, 0.25) is 0 Å². The lowest BCUT2D eigenvalue weighted by Crippen LogP contribution is -2.31. The van der Waals surface area contributed by atoms with Crippen molar-refractivity contribution in [1.82, 2.24) is 10.6 Å². The summed E-state index contributed by atoms with van der Waals surface area (Å²) >= 11 is 0. The fourth-order valence-corrected chi connectivity index (χ4v) is 1.97. The van der Waals surface area contributed by atoms with Crippen molar-refractivity contribution in [3.63, 3.8) is 0 Å². The van der Waals surface area contributed by atoms with Crippen LogP contribution in [-0.2, 0) is 11.2 Å². The molecule has 0 bridgehead atoms. The first-order chi connectivity index (χ1) is 12.6. The van der Waals surface area contributed by atoms with Crippen LogP contribution in [0, 0.1) is 11.3 Å². The van der Waals surface area contributed by atoms with Gasteiger partial charge in [-0.3, -0.25) is 9.59 Å². The summed E-state index contributed by atoms with van der Waals surface area (Å²) in [6, 6.07) is 7.18. The number of hydrogen-bond donors (Lipinski definition) is 4. The Kier molecular flexibility index (Phi) is 8.40. The molecular formula is C21H29N3O3. The topological polar surface area (TPSA) is 104 Å². The van der Waals surface area contributed by atoms with E-state index in [0.29, 0.717) is 17.9 Å². The van der Waals surface area contributed by atoms with Crippen molar-refractivity contribution in [2.24, 2.45) is 17.1 Å². The summed E-state index contributed by atoms with van der Waals surface area (Å²) in [5.41, 5.74) is 13.2. The van der Waals surface area contributed by atoms with E-state index >= 15 is 0 Å². The third kappa shape index (κ3) is 9.36. The molecule has 1 aromatic carbocycles. The predicted octanol–water partition coefficient (Wildman–Crippen LogP) is 2.43. The van der Waals surface area contributed by atoms with Gasteiger partial charge >= 0.3 is 5.97 Å². The first-order valence-corrected chi connectivity index (χ1v) is 8.90. The monoisotopic (exact) mass is 371 g/mol. The fourth-order valence-electron chi connectivity index (χ4n) is 1.97. The lowest BCUT2D eigenvalue weighted by atomic mass is 9.97. The van der Waals surface area contributed by atoms with E-state index in [0.717, 1.165) is 12.0 Å². The largest absolute Gasteiger partial charge is 0.481 e. The summed E-state index contributed by atoms with van der Waals surface area (Å²) in [6.07, 6.45) is 2.64. The molecule has 0 saturated carbocycles. The number of aliphatic carboxylic acids is 1. The molecule has 0 spiro atoms. The van der Waals surface area contributed by atoms with E-state index in [9.17, 15) is 9.59 Å². The van der Waals surface area contributed by atoms with E-state index < -0.39 is 11.9 Å². The van der Waals surface area contributed by atoms with E-state index in [4.69, 9.17) is 10.8 Å². The van der Waals surface area contributed by atoms with E-state index in [1.54, 1.807) is 19.1 Å². The number of amides is 1. The van der Waals surface area contributed by atoms with Crippen molar-refractivity contribution in [1.29, 1.82) is 0 Å². The van der Waals surface area contributed by atoms with Crippen molar-refractivity contribution < 1.29 is 14.7 Å². The average molecular weight is 371 g/mol. The Balaban J connectivity index is 2.51. The van der Waals surface area contributed by atoms with Gasteiger partial charge < -0.3 is 21.5 Å². The number of carboxylic acid groups (broad SMARTS) is 1. The molecule has 6 nitrogen and oxygen atoms in total. The second-order valence-corrected chi connectivity index (χ2v) is 7.52. The number of hydrogen-bond acceptors (Lipinski definition) is 4. The van der Waals surface area contributed by atoms with Crippen LogP contribution in [0.25, 0.3) is 0 Å². The lowest BCUT2D eigenvalue weighted by Gasteiger charge is -2.09. The molecular weight excluding hydrogens is 342 g/mol. The van der Waals surface area contributed by atoms with Crippen LogP contribution in [-0.4, -0.2) is 30.1 Å². The van der Waals surface area contributed by atoms with E-state index in [1.807, 2.05) is 18.2 Å². The van der Waals surface area contributed by atoms with E-state index in [-0.39, 0.29) is 17.9 Å². The Morgan fingerprint density at radius 1 is 1.22 bits per heavy atom. The first-order valence-electron chi connectivity index (χ1n) is 8.90. The number of benzene rings is 1. The van der Waals surface area contributed by atoms with Crippen molar-refractivity contribution in [2.45, 2.75) is 34.1 Å². The molecule has 0 aromatic heterocycles. The van der Waals surface area contributed by atoms with Crippen LogP contribution in [0.3, 0.4) is 0 Å². The number of nitrogens with one attached hydrogen (secondary N) is 2. The molecule has 0 heterocycles. The molecule has 6 heteroatoms. The second-order valence-electron chi connectivity index (χ2n) is 7.52. The SMILES string of the molecule is C[C@H](CNC(=O)c1ccc(CCNC(N)=C=C=CC(C)(C)C)cc1)C(=O)O. The highest BCUT2D eigenvalue weighted by atomic mass is 16.4. The van der Waals surface area contributed by atoms with Crippen LogP contribution in [0.15, 0.2) is 47.6 Å². The zero-order chi connectivity index (χ0) is 20.4. The Morgan fingerprint density at radius 3 is 2.41 bits per heavy atom. The van der Waals surface area contributed by atoms with Crippen LogP contribution in [0.5, 0.6) is 0 Å². The van der Waals surface area contributed by atoms with Gasteiger partial charge in [-0.25, -0.2) is 0 Å². The summed E-state index contributed by atoms with van der Waals surface area (Å²) in [5, 5.41) is 14.5. The minimum Gasteiger partial charge on any atom is -0.481 e. The Labute approximate surface area is 160 Å². The zero-order valence-electron chi connectivity index (χ0n) is 16.4. The highest BCUT2D eigenvalue weighted by molar-refractivity contribution is 5.94. The standard InChI is InChI=1S/C21H29N3O3/c1-15(20(26)27)14-24-19(25)17-9-7-16(8-10-17)11-13-23-18(22)6-5-12-21(2,3)4/h7-10,12,15,23H,11,13-14,22H2,1-4H3,(H,24,25)(H,26,27)/t15-/m1/s1. The molecule has 1 rings (SSSR count). The normalized spacial score (nSPS) is 11.6. The smallest absolute Gasteiger partial charge is 0.308 e. The lowest BCUT2D eigenvalue weighted by molar-refractivity contribution is -0.140. The average Bonchev–Trinajstić information content (AvgIpc) is 2.58. The van der Waals surface area contributed by atoms with Crippen molar-refractivity contribution >= 4 is 11.9 Å². The van der Waals surface area contributed by atoms with Crippen LogP contribution in [0.1, 0.15) is 43.6 Å².